The number of nitrogens with zero attached hydrogens (tertiary/aromatic N) is 5. The molecule has 2 aliphatic carbocycles. The van der Waals surface area contributed by atoms with E-state index >= 15 is 0 Å². The number of hydrogen-bond donors (Lipinski definition) is 0. The molecule has 2 aromatic heterocycles. The molecule has 0 saturated heterocycles. The highest BCUT2D eigenvalue weighted by atomic mass is 28.3. The minimum Gasteiger partial charge on any atom is -0.310 e. The van der Waals surface area contributed by atoms with Gasteiger partial charge >= 0.3 is 0 Å². The fraction of sp³-hybridized carbons (Fsp3) is 0.119. The Morgan fingerprint density at radius 2 is 0.789 bits per heavy atom. The summed E-state index contributed by atoms with van der Waals surface area (Å²) in [6.45, 7) is 14.7. The van der Waals surface area contributed by atoms with Crippen molar-refractivity contribution in [3.05, 3.63) is 317 Å². The van der Waals surface area contributed by atoms with E-state index in [2.05, 4.69) is 310 Å². The summed E-state index contributed by atoms with van der Waals surface area (Å²) in [5.41, 5.74) is 25.3. The van der Waals surface area contributed by atoms with Gasteiger partial charge < -0.3 is 14.0 Å². The van der Waals surface area contributed by atoms with Crippen molar-refractivity contribution in [1.29, 1.82) is 10.5 Å². The molecule has 90 heavy (non-hydrogen) atoms. The van der Waals surface area contributed by atoms with Crippen molar-refractivity contribution < 1.29 is 0 Å². The van der Waals surface area contributed by atoms with Crippen LogP contribution in [0.3, 0.4) is 0 Å². The molecular weight excluding hydrogens is 1110 g/mol. The molecule has 0 bridgehead atoms. The number of fused-ring (bicyclic) bond motifs is 12. The first-order valence-corrected chi connectivity index (χ1v) is 34.3. The van der Waals surface area contributed by atoms with Crippen LogP contribution in [-0.2, 0) is 17.3 Å². The van der Waals surface area contributed by atoms with Crippen molar-refractivity contribution >= 4 is 79.1 Å². The SMILES string of the molecule is CC1(C)c2cc([C@@H](Cc3ccc4c(c3)c3ccccc3n4-c3ccccc3)c3ccc(C#N)cc3)ccc2-c2ccc([Si](C)(C)c3ccc4c(c3)C(C)(C)c3cc(N(c5ccc(C#N)cc5)c5ccc6c(c5)c5ccccc5n6-c5ccccc5)ccc3-4)cc21. The Morgan fingerprint density at radius 3 is 1.34 bits per heavy atom. The number of para-hydroxylation sites is 4. The van der Waals surface area contributed by atoms with E-state index in [0.29, 0.717) is 11.1 Å². The average Bonchev–Trinajstić information content (AvgIpc) is 1.62. The lowest BCUT2D eigenvalue weighted by Crippen LogP contribution is -2.53. The quantitative estimate of drug-likeness (QED) is 0.121. The van der Waals surface area contributed by atoms with Gasteiger partial charge in [-0.05, 0) is 183 Å². The van der Waals surface area contributed by atoms with Gasteiger partial charge in [-0.2, -0.15) is 10.5 Å². The lowest BCUT2D eigenvalue weighted by atomic mass is 9.79. The second kappa shape index (κ2) is 20.7. The summed E-state index contributed by atoms with van der Waals surface area (Å²) in [7, 11) is -2.30. The zero-order chi connectivity index (χ0) is 61.2. The third-order valence-electron chi connectivity index (χ3n) is 20.3. The van der Waals surface area contributed by atoms with E-state index in [0.717, 1.165) is 40.4 Å². The lowest BCUT2D eigenvalue weighted by Gasteiger charge is -2.30. The first kappa shape index (κ1) is 54.6. The van der Waals surface area contributed by atoms with Crippen molar-refractivity contribution in [2.75, 3.05) is 4.90 Å². The molecule has 0 radical (unpaired) electrons. The number of nitriles is 2. The minimum absolute atomic E-state index is 0.0585. The fourth-order valence-electron chi connectivity index (χ4n) is 15.3. The molecule has 16 rings (SSSR count). The highest BCUT2D eigenvalue weighted by Gasteiger charge is 2.41. The van der Waals surface area contributed by atoms with Gasteiger partial charge in [0.25, 0.3) is 0 Å². The van der Waals surface area contributed by atoms with Crippen LogP contribution in [-0.4, -0.2) is 17.2 Å². The molecule has 430 valence electrons. The Bertz CT molecular complexity index is 5320. The van der Waals surface area contributed by atoms with Gasteiger partial charge in [-0.15, -0.1) is 0 Å². The Hall–Kier alpha value is -10.8. The normalized spacial score (nSPS) is 13.8. The number of anilines is 3. The maximum Gasteiger partial charge on any atom is 0.112 e. The summed E-state index contributed by atoms with van der Waals surface area (Å²) in [6, 6.07) is 103. The molecule has 0 spiro atoms. The second-order valence-electron chi connectivity index (χ2n) is 26.3. The van der Waals surface area contributed by atoms with Crippen LogP contribution in [0.15, 0.2) is 267 Å². The smallest absolute Gasteiger partial charge is 0.112 e. The van der Waals surface area contributed by atoms with Crippen LogP contribution in [0.2, 0.25) is 13.1 Å². The van der Waals surface area contributed by atoms with E-state index in [9.17, 15) is 10.5 Å². The first-order chi connectivity index (χ1) is 43.8. The number of rotatable bonds is 11. The maximum absolute atomic E-state index is 9.88. The molecule has 6 heteroatoms. The predicted octanol–water partition coefficient (Wildman–Crippen LogP) is 19.9. The monoisotopic (exact) mass is 1170 g/mol. The summed E-state index contributed by atoms with van der Waals surface area (Å²) < 4.78 is 4.74. The van der Waals surface area contributed by atoms with Crippen LogP contribution in [0.25, 0.3) is 77.2 Å². The lowest BCUT2D eigenvalue weighted by molar-refractivity contribution is 0.658. The van der Waals surface area contributed by atoms with Gasteiger partial charge in [0.2, 0.25) is 0 Å². The van der Waals surface area contributed by atoms with Gasteiger partial charge in [-0.25, -0.2) is 0 Å². The molecule has 14 aromatic rings. The molecule has 5 nitrogen and oxygen atoms in total. The third kappa shape index (κ3) is 8.54. The Balaban J connectivity index is 0.721. The molecule has 0 amide bonds. The van der Waals surface area contributed by atoms with E-state index in [-0.39, 0.29) is 16.7 Å². The Morgan fingerprint density at radius 1 is 0.378 bits per heavy atom. The highest BCUT2D eigenvalue weighted by molar-refractivity contribution is 7.00. The summed E-state index contributed by atoms with van der Waals surface area (Å²) in [5, 5.41) is 27.5. The van der Waals surface area contributed by atoms with Gasteiger partial charge in [0.05, 0.1) is 45.3 Å². The van der Waals surface area contributed by atoms with E-state index in [4.69, 9.17) is 0 Å². The fourth-order valence-corrected chi connectivity index (χ4v) is 17.7. The van der Waals surface area contributed by atoms with Gasteiger partial charge in [-0.3, -0.25) is 0 Å². The topological polar surface area (TPSA) is 60.7 Å². The zero-order valence-electron chi connectivity index (χ0n) is 51.4. The largest absolute Gasteiger partial charge is 0.310 e. The number of hydrogen-bond acceptors (Lipinski definition) is 3. The van der Waals surface area contributed by atoms with Gasteiger partial charge in [0.1, 0.15) is 8.07 Å². The molecule has 0 saturated carbocycles. The molecule has 0 aliphatic heterocycles. The van der Waals surface area contributed by atoms with Crippen molar-refractivity contribution in [1.82, 2.24) is 9.13 Å². The van der Waals surface area contributed by atoms with Crippen LogP contribution < -0.4 is 15.3 Å². The van der Waals surface area contributed by atoms with Gasteiger partial charge in [0, 0.05) is 66.7 Å². The van der Waals surface area contributed by atoms with E-state index in [1.807, 2.05) is 24.3 Å². The summed E-state index contributed by atoms with van der Waals surface area (Å²) in [4.78, 5) is 2.35. The van der Waals surface area contributed by atoms with Crippen molar-refractivity contribution in [3.63, 3.8) is 0 Å². The summed E-state index contributed by atoms with van der Waals surface area (Å²) in [6.07, 6.45) is 0.809. The minimum atomic E-state index is -2.30. The standard InChI is InChI=1S/C84H65N5Si/c1-83(2)75-47-58(72(57-30-25-54(52-85)26-31-57)45-56-29-43-81-73(46-56)70-21-13-15-23-79(70)88(81)59-17-9-7-10-18-59)32-39-66(75)68-41-37-64(50-77(68)83)90(5,6)65-38-42-69-67-40-35-63(49-76(67)84(3,4)78(69)51-65)87(61-33-27-55(53-86)28-34-61)62-36-44-82-74(48-62)71-22-14-16-24-80(71)89(82)60-19-11-8-12-20-60/h7-44,46-51,72H,45H2,1-6H3/t72-/m0/s1. The van der Waals surface area contributed by atoms with Crippen molar-refractivity contribution in [2.45, 2.75) is 64.0 Å². The molecule has 2 heterocycles. The third-order valence-corrected chi connectivity index (χ3v) is 23.8. The zero-order valence-corrected chi connectivity index (χ0v) is 52.4. The van der Waals surface area contributed by atoms with E-state index in [1.54, 1.807) is 0 Å². The first-order valence-electron chi connectivity index (χ1n) is 31.3. The van der Waals surface area contributed by atoms with E-state index in [1.165, 1.54) is 110 Å². The Kier molecular flexibility index (Phi) is 12.5. The predicted molar refractivity (Wildman–Crippen MR) is 376 cm³/mol. The maximum atomic E-state index is 9.88. The molecule has 2 aliphatic rings. The van der Waals surface area contributed by atoms with Crippen LogP contribution in [0.5, 0.6) is 0 Å². The van der Waals surface area contributed by atoms with Crippen LogP contribution in [0.1, 0.15) is 83.7 Å². The molecule has 12 aromatic carbocycles. The van der Waals surface area contributed by atoms with Gasteiger partial charge in [-0.1, -0.05) is 203 Å². The van der Waals surface area contributed by atoms with Crippen molar-refractivity contribution in [3.8, 4) is 45.8 Å². The summed E-state index contributed by atoms with van der Waals surface area (Å²) >= 11 is 0. The molecule has 0 unspecified atom stereocenters. The Labute approximate surface area is 527 Å². The van der Waals surface area contributed by atoms with Crippen LogP contribution in [0.4, 0.5) is 17.1 Å². The highest BCUT2D eigenvalue weighted by Crippen LogP contribution is 2.53. The second-order valence-corrected chi connectivity index (χ2v) is 30.7. The molecule has 0 fully saturated rings. The van der Waals surface area contributed by atoms with Gasteiger partial charge in [0.15, 0.2) is 0 Å². The molecule has 1 atom stereocenters. The number of benzene rings is 12. The molecule has 0 N–H and O–H groups in total. The van der Waals surface area contributed by atoms with Crippen LogP contribution in [0, 0.1) is 22.7 Å². The average molecular weight is 1170 g/mol. The van der Waals surface area contributed by atoms with Crippen molar-refractivity contribution in [2.24, 2.45) is 0 Å². The van der Waals surface area contributed by atoms with E-state index < -0.39 is 8.07 Å². The van der Waals surface area contributed by atoms with Crippen LogP contribution >= 0.6 is 0 Å². The number of aromatic nitrogens is 2. The molecular formula is C84H65N5Si. The summed E-state index contributed by atoms with van der Waals surface area (Å²) in [5.74, 6) is 0.0585.